The van der Waals surface area contributed by atoms with E-state index in [1.54, 1.807) is 24.3 Å². The maximum Gasteiger partial charge on any atom is 0.274 e. The second kappa shape index (κ2) is 8.17. The number of benzene rings is 1. The Morgan fingerprint density at radius 1 is 1.36 bits per heavy atom. The molecule has 3 N–H and O–H groups in total. The Balaban J connectivity index is 1.61. The van der Waals surface area contributed by atoms with Gasteiger partial charge < -0.3 is 20.1 Å². The van der Waals surface area contributed by atoms with Gasteiger partial charge >= 0.3 is 0 Å². The van der Waals surface area contributed by atoms with E-state index < -0.39 is 26.0 Å². The quantitative estimate of drug-likeness (QED) is 0.584. The summed E-state index contributed by atoms with van der Waals surface area (Å²) < 4.78 is 35.6. The van der Waals surface area contributed by atoms with Crippen LogP contribution >= 0.6 is 0 Å². The van der Waals surface area contributed by atoms with Crippen LogP contribution in [0.3, 0.4) is 0 Å². The number of carbonyl (C=O) groups excluding carboxylic acids is 1. The molecule has 0 aliphatic carbocycles. The van der Waals surface area contributed by atoms with Gasteiger partial charge in [0.15, 0.2) is 9.84 Å². The number of hydrogen-bond acceptors (Lipinski definition) is 7. The van der Waals surface area contributed by atoms with Crippen LogP contribution in [-0.4, -0.2) is 48.9 Å². The molecule has 33 heavy (non-hydrogen) atoms. The van der Waals surface area contributed by atoms with Crippen LogP contribution in [0.4, 0.5) is 5.69 Å². The van der Waals surface area contributed by atoms with E-state index in [2.05, 4.69) is 21.5 Å². The average molecular weight is 469 g/mol. The lowest BCUT2D eigenvalue weighted by Gasteiger charge is -2.47. The molecule has 172 valence electrons. The number of sulfone groups is 1. The molecule has 1 fully saturated rings. The van der Waals surface area contributed by atoms with E-state index in [9.17, 15) is 13.2 Å². The number of pyridine rings is 1. The van der Waals surface area contributed by atoms with Crippen LogP contribution in [0.15, 0.2) is 36.5 Å². The standard InChI is InChI=1S/C23H24N4O5S/c1-4-9-32-17-7-8-19(25-11-17)20(28)26-16-6-5-15-12-31-13-23(18(15)10-16)14-33(29,30)22(2,3)21(24)27-23/h1,5-8,10-11H,9,12-14H2,2-3H3,(H2,24,27)(H,26,28)/t23-/m0/s1. The molecule has 9 nitrogen and oxygen atoms in total. The number of fused-ring (bicyclic) bond motifs is 2. The van der Waals surface area contributed by atoms with E-state index in [0.29, 0.717) is 23.6 Å². The van der Waals surface area contributed by atoms with Crippen LogP contribution in [-0.2, 0) is 26.7 Å². The molecule has 0 bridgehead atoms. The Hall–Kier alpha value is -3.42. The van der Waals surface area contributed by atoms with Gasteiger partial charge in [0.1, 0.15) is 34.2 Å². The van der Waals surface area contributed by atoms with Gasteiger partial charge in [0.2, 0.25) is 0 Å². The summed E-state index contributed by atoms with van der Waals surface area (Å²) in [7, 11) is -3.64. The number of rotatable bonds is 4. The summed E-state index contributed by atoms with van der Waals surface area (Å²) in [6, 6.07) is 8.36. The topological polar surface area (TPSA) is 130 Å². The monoisotopic (exact) mass is 468 g/mol. The van der Waals surface area contributed by atoms with Crippen molar-refractivity contribution in [2.45, 2.75) is 30.7 Å². The molecule has 10 heteroatoms. The van der Waals surface area contributed by atoms with Crippen molar-refractivity contribution in [2.24, 2.45) is 0 Å². The second-order valence-corrected chi connectivity index (χ2v) is 11.1. The SMILES string of the molecule is C#CCOc1ccc(C(=O)Nc2ccc3c(c2)[C@]2(COC3)CS(=O)(=O)C(C)(C)C(=N)N2)nc1. The van der Waals surface area contributed by atoms with Crippen LogP contribution in [0.25, 0.3) is 0 Å². The molecule has 1 amide bonds. The third kappa shape index (κ3) is 4.05. The fourth-order valence-corrected chi connectivity index (χ4v) is 5.55. The molecule has 0 saturated carbocycles. The highest BCUT2D eigenvalue weighted by Crippen LogP contribution is 2.39. The number of anilines is 1. The maximum absolute atomic E-state index is 13.0. The lowest BCUT2D eigenvalue weighted by atomic mass is 9.85. The number of terminal acetylenes is 1. The zero-order chi connectivity index (χ0) is 23.9. The number of carbonyl (C=O) groups is 1. The summed E-state index contributed by atoms with van der Waals surface area (Å²) >= 11 is 0. The minimum Gasteiger partial charge on any atom is -0.479 e. The molecule has 1 saturated heterocycles. The lowest BCUT2D eigenvalue weighted by molar-refractivity contribution is 0.0513. The first-order valence-electron chi connectivity index (χ1n) is 10.2. The molecule has 2 aliphatic heterocycles. The van der Waals surface area contributed by atoms with Gasteiger partial charge in [-0.05, 0) is 49.2 Å². The third-order valence-corrected chi connectivity index (χ3v) is 8.59. The normalized spacial score (nSPS) is 22.5. The molecule has 2 aliphatic rings. The molecule has 1 atom stereocenters. The Labute approximate surface area is 192 Å². The molecular formula is C23H24N4O5S. The maximum atomic E-state index is 13.0. The summed E-state index contributed by atoms with van der Waals surface area (Å²) in [6.07, 6.45) is 6.57. The number of amides is 1. The molecule has 1 spiro atoms. The van der Waals surface area contributed by atoms with Gasteiger partial charge in [0.05, 0.1) is 25.2 Å². The predicted octanol–water partition coefficient (Wildman–Crippen LogP) is 1.85. The van der Waals surface area contributed by atoms with E-state index in [4.69, 9.17) is 21.3 Å². The van der Waals surface area contributed by atoms with Crippen molar-refractivity contribution >= 4 is 27.3 Å². The van der Waals surface area contributed by atoms with Crippen LogP contribution in [0.2, 0.25) is 0 Å². The Bertz CT molecular complexity index is 1260. The number of hydrogen-bond donors (Lipinski definition) is 3. The predicted molar refractivity (Wildman–Crippen MR) is 123 cm³/mol. The fraction of sp³-hybridized carbons (Fsp3) is 0.348. The molecular weight excluding hydrogens is 444 g/mol. The minimum absolute atomic E-state index is 0.0871. The van der Waals surface area contributed by atoms with Crippen molar-refractivity contribution in [1.29, 1.82) is 5.41 Å². The first-order valence-corrected chi connectivity index (χ1v) is 11.9. The summed E-state index contributed by atoms with van der Waals surface area (Å²) in [5.41, 5.74) is 1.03. The second-order valence-electron chi connectivity index (χ2n) is 8.54. The minimum atomic E-state index is -3.64. The van der Waals surface area contributed by atoms with Gasteiger partial charge in [0, 0.05) is 5.69 Å². The fourth-order valence-electron chi connectivity index (χ4n) is 3.87. The molecule has 0 radical (unpaired) electrons. The first kappa shape index (κ1) is 22.8. The highest BCUT2D eigenvalue weighted by atomic mass is 32.2. The van der Waals surface area contributed by atoms with Crippen molar-refractivity contribution in [3.8, 4) is 18.1 Å². The van der Waals surface area contributed by atoms with E-state index >= 15 is 0 Å². The zero-order valence-corrected chi connectivity index (χ0v) is 19.1. The lowest BCUT2D eigenvalue weighted by Crippen LogP contribution is -2.67. The van der Waals surface area contributed by atoms with Gasteiger partial charge in [-0.2, -0.15) is 0 Å². The largest absolute Gasteiger partial charge is 0.479 e. The van der Waals surface area contributed by atoms with Crippen molar-refractivity contribution in [3.63, 3.8) is 0 Å². The Morgan fingerprint density at radius 3 is 2.82 bits per heavy atom. The third-order valence-electron chi connectivity index (χ3n) is 5.96. The summed E-state index contributed by atoms with van der Waals surface area (Å²) in [5.74, 6) is 2.07. The van der Waals surface area contributed by atoms with Gasteiger partial charge in [-0.25, -0.2) is 13.4 Å². The van der Waals surface area contributed by atoms with E-state index in [-0.39, 0.29) is 30.5 Å². The summed E-state index contributed by atoms with van der Waals surface area (Å²) in [5, 5.41) is 14.2. The van der Waals surface area contributed by atoms with E-state index in [0.717, 1.165) is 5.56 Å². The van der Waals surface area contributed by atoms with Crippen molar-refractivity contribution < 1.29 is 22.7 Å². The molecule has 4 rings (SSSR count). The highest BCUT2D eigenvalue weighted by Gasteiger charge is 2.54. The summed E-state index contributed by atoms with van der Waals surface area (Å²) in [6.45, 7) is 3.54. The smallest absolute Gasteiger partial charge is 0.274 e. The van der Waals surface area contributed by atoms with Crippen LogP contribution in [0.5, 0.6) is 5.75 Å². The zero-order valence-electron chi connectivity index (χ0n) is 18.3. The number of nitrogens with one attached hydrogen (secondary N) is 3. The highest BCUT2D eigenvalue weighted by molar-refractivity contribution is 7.93. The molecule has 3 heterocycles. The Kier molecular flexibility index (Phi) is 5.64. The van der Waals surface area contributed by atoms with E-state index in [1.165, 1.54) is 26.1 Å². The van der Waals surface area contributed by atoms with E-state index in [1.807, 2.05) is 0 Å². The van der Waals surface area contributed by atoms with Gasteiger partial charge in [-0.3, -0.25) is 10.2 Å². The number of nitrogens with zero attached hydrogens (tertiary/aromatic N) is 1. The van der Waals surface area contributed by atoms with Gasteiger partial charge in [-0.15, -0.1) is 6.42 Å². The average Bonchev–Trinajstić information content (AvgIpc) is 2.77. The van der Waals surface area contributed by atoms with Crippen LogP contribution in [0, 0.1) is 17.8 Å². The number of ether oxygens (including phenoxy) is 2. The van der Waals surface area contributed by atoms with Gasteiger partial charge in [-0.1, -0.05) is 12.0 Å². The number of aromatic nitrogens is 1. The summed E-state index contributed by atoms with van der Waals surface area (Å²) in [4.78, 5) is 16.8. The molecule has 1 aromatic heterocycles. The molecule has 0 unspecified atom stereocenters. The van der Waals surface area contributed by atoms with Gasteiger partial charge in [0.25, 0.3) is 5.91 Å². The first-order chi connectivity index (χ1) is 15.6. The van der Waals surface area contributed by atoms with Crippen molar-refractivity contribution in [1.82, 2.24) is 10.3 Å². The Morgan fingerprint density at radius 2 is 2.15 bits per heavy atom. The number of amidine groups is 1. The van der Waals surface area contributed by atoms with Crippen LogP contribution < -0.4 is 15.4 Å². The van der Waals surface area contributed by atoms with Crippen LogP contribution in [0.1, 0.15) is 35.5 Å². The van der Waals surface area contributed by atoms with Crippen molar-refractivity contribution in [2.75, 3.05) is 24.3 Å². The molecule has 2 aromatic rings. The molecule has 1 aromatic carbocycles. The van der Waals surface area contributed by atoms with Crippen molar-refractivity contribution in [3.05, 3.63) is 53.3 Å².